The summed E-state index contributed by atoms with van der Waals surface area (Å²) in [5.74, 6) is -0.433. The Morgan fingerprint density at radius 2 is 2.29 bits per heavy atom. The first-order chi connectivity index (χ1) is 9.95. The highest BCUT2D eigenvalue weighted by molar-refractivity contribution is 6.29. The van der Waals surface area contributed by atoms with E-state index >= 15 is 0 Å². The Balaban J connectivity index is 2.61. The monoisotopic (exact) mass is 308 g/mol. The van der Waals surface area contributed by atoms with Gasteiger partial charge in [0.15, 0.2) is 5.65 Å². The minimum absolute atomic E-state index is 0.296. The second-order valence-electron chi connectivity index (χ2n) is 4.55. The van der Waals surface area contributed by atoms with Gasteiger partial charge in [0.1, 0.15) is 5.56 Å². The lowest BCUT2D eigenvalue weighted by molar-refractivity contribution is 0.0527. The zero-order valence-electron chi connectivity index (χ0n) is 12.2. The van der Waals surface area contributed by atoms with E-state index in [9.17, 15) is 4.79 Å². The fourth-order valence-electron chi connectivity index (χ4n) is 2.14. The summed E-state index contributed by atoms with van der Waals surface area (Å²) in [6.07, 6.45) is 1.49. The second-order valence-corrected chi connectivity index (χ2v) is 5.08. The summed E-state index contributed by atoms with van der Waals surface area (Å²) in [4.78, 5) is 16.4. The van der Waals surface area contributed by atoms with E-state index in [0.29, 0.717) is 35.1 Å². The zero-order valence-corrected chi connectivity index (χ0v) is 13.0. The van der Waals surface area contributed by atoms with Gasteiger partial charge in [-0.1, -0.05) is 18.2 Å². The molecule has 6 nitrogen and oxygen atoms in total. The van der Waals surface area contributed by atoms with Gasteiger partial charge in [-0.15, -0.1) is 0 Å². The Labute approximate surface area is 127 Å². The van der Waals surface area contributed by atoms with E-state index in [1.807, 2.05) is 6.92 Å². The molecule has 2 heterocycles. The first-order valence-corrected chi connectivity index (χ1v) is 6.90. The molecule has 1 N–H and O–H groups in total. The Bertz CT molecular complexity index is 709. The highest BCUT2D eigenvalue weighted by Gasteiger charge is 2.20. The third-order valence-electron chi connectivity index (χ3n) is 2.98. The van der Waals surface area contributed by atoms with Crippen LogP contribution in [0.25, 0.3) is 11.0 Å². The Morgan fingerprint density at radius 1 is 1.57 bits per heavy atom. The molecule has 21 heavy (non-hydrogen) atoms. The van der Waals surface area contributed by atoms with E-state index in [4.69, 9.17) is 16.3 Å². The summed E-state index contributed by atoms with van der Waals surface area (Å²) in [6, 6.07) is 0. The average molecular weight is 309 g/mol. The first-order valence-electron chi connectivity index (χ1n) is 6.52. The molecule has 0 spiro atoms. The minimum Gasteiger partial charge on any atom is -0.462 e. The van der Waals surface area contributed by atoms with Gasteiger partial charge in [0.2, 0.25) is 0 Å². The highest BCUT2D eigenvalue weighted by atomic mass is 35.5. The normalized spacial score (nSPS) is 10.7. The highest BCUT2D eigenvalue weighted by Crippen LogP contribution is 2.29. The molecule has 0 aliphatic rings. The molecule has 2 aromatic rings. The van der Waals surface area contributed by atoms with Gasteiger partial charge in [0.05, 0.1) is 29.9 Å². The van der Waals surface area contributed by atoms with Crippen molar-refractivity contribution >= 4 is 34.3 Å². The van der Waals surface area contributed by atoms with E-state index in [0.717, 1.165) is 11.1 Å². The fraction of sp³-hybridized carbons (Fsp3) is 0.357. The zero-order chi connectivity index (χ0) is 15.6. The van der Waals surface area contributed by atoms with Crippen LogP contribution in [0.2, 0.25) is 0 Å². The molecule has 0 aromatic carbocycles. The molecule has 0 unspecified atom stereocenters. The Hall–Kier alpha value is -2.08. The molecule has 0 fully saturated rings. The average Bonchev–Trinajstić information content (AvgIpc) is 2.71. The molecule has 0 atom stereocenters. The predicted molar refractivity (Wildman–Crippen MR) is 82.7 cm³/mol. The fourth-order valence-corrected chi connectivity index (χ4v) is 2.21. The number of anilines is 1. The number of halogens is 1. The van der Waals surface area contributed by atoms with Gasteiger partial charge in [-0.3, -0.25) is 4.68 Å². The maximum absolute atomic E-state index is 12.1. The van der Waals surface area contributed by atoms with Gasteiger partial charge < -0.3 is 10.1 Å². The number of nitrogens with zero attached hydrogens (tertiary/aromatic N) is 3. The van der Waals surface area contributed by atoms with Crippen LogP contribution in [0.5, 0.6) is 0 Å². The molecule has 0 radical (unpaired) electrons. The maximum atomic E-state index is 12.1. The van der Waals surface area contributed by atoms with Crippen molar-refractivity contribution < 1.29 is 9.53 Å². The lowest BCUT2D eigenvalue weighted by atomic mass is 10.1. The van der Waals surface area contributed by atoms with Crippen LogP contribution >= 0.6 is 11.6 Å². The summed E-state index contributed by atoms with van der Waals surface area (Å²) in [5, 5.41) is 8.67. The van der Waals surface area contributed by atoms with Crippen LogP contribution in [0.4, 0.5) is 5.69 Å². The van der Waals surface area contributed by atoms with Crippen LogP contribution in [0.1, 0.15) is 23.0 Å². The van der Waals surface area contributed by atoms with Crippen molar-refractivity contribution in [3.05, 3.63) is 29.1 Å². The molecule has 0 bridgehead atoms. The third-order valence-corrected chi connectivity index (χ3v) is 3.11. The molecule has 2 rings (SSSR count). The number of carbonyl (C=O) groups excluding carboxylic acids is 1. The number of hydrogen-bond donors (Lipinski definition) is 1. The van der Waals surface area contributed by atoms with Crippen LogP contribution in [0.3, 0.4) is 0 Å². The standard InChI is InChI=1S/C14H17ClN4O2/c1-5-21-14(20)10-7-17-13-11(9(3)18-19(13)4)12(10)16-6-8(2)15/h7H,2,5-6H2,1,3-4H3,(H,16,17). The maximum Gasteiger partial charge on any atom is 0.341 e. The summed E-state index contributed by atoms with van der Waals surface area (Å²) in [5.41, 5.74) is 2.43. The van der Waals surface area contributed by atoms with Gasteiger partial charge >= 0.3 is 5.97 Å². The molecular weight excluding hydrogens is 292 g/mol. The number of hydrogen-bond acceptors (Lipinski definition) is 5. The summed E-state index contributed by atoms with van der Waals surface area (Å²) >= 11 is 5.81. The molecule has 7 heteroatoms. The molecule has 0 amide bonds. The minimum atomic E-state index is -0.433. The van der Waals surface area contributed by atoms with Crippen molar-refractivity contribution in [2.75, 3.05) is 18.5 Å². The number of esters is 1. The molecular formula is C14H17ClN4O2. The Morgan fingerprint density at radius 3 is 2.90 bits per heavy atom. The van der Waals surface area contributed by atoms with Crippen molar-refractivity contribution in [3.63, 3.8) is 0 Å². The van der Waals surface area contributed by atoms with Gasteiger partial charge in [-0.25, -0.2) is 9.78 Å². The summed E-state index contributed by atoms with van der Waals surface area (Å²) in [6.45, 7) is 7.89. The van der Waals surface area contributed by atoms with E-state index in [1.54, 1.807) is 18.7 Å². The molecule has 112 valence electrons. The largest absolute Gasteiger partial charge is 0.462 e. The van der Waals surface area contributed by atoms with Crippen molar-refractivity contribution in [2.45, 2.75) is 13.8 Å². The van der Waals surface area contributed by atoms with Crippen molar-refractivity contribution in [1.82, 2.24) is 14.8 Å². The van der Waals surface area contributed by atoms with Gasteiger partial charge in [0, 0.05) is 18.3 Å². The SMILES string of the molecule is C=C(Cl)CNc1c(C(=O)OCC)cnc2c1c(C)nn2C. The van der Waals surface area contributed by atoms with Gasteiger partial charge in [-0.2, -0.15) is 5.10 Å². The van der Waals surface area contributed by atoms with Crippen molar-refractivity contribution in [3.8, 4) is 0 Å². The topological polar surface area (TPSA) is 69.0 Å². The van der Waals surface area contributed by atoms with Crippen LogP contribution in [0, 0.1) is 6.92 Å². The quantitative estimate of drug-likeness (QED) is 0.860. The van der Waals surface area contributed by atoms with Crippen LogP contribution in [0.15, 0.2) is 17.8 Å². The predicted octanol–water partition coefficient (Wildman–Crippen LogP) is 2.62. The number of aromatic nitrogens is 3. The lowest BCUT2D eigenvalue weighted by Gasteiger charge is -2.12. The van der Waals surface area contributed by atoms with Crippen molar-refractivity contribution in [2.24, 2.45) is 7.05 Å². The molecule has 2 aromatic heterocycles. The number of pyridine rings is 1. The first kappa shape index (κ1) is 15.3. The second kappa shape index (κ2) is 6.13. The smallest absolute Gasteiger partial charge is 0.341 e. The number of nitrogens with one attached hydrogen (secondary N) is 1. The number of rotatable bonds is 5. The number of aryl methyl sites for hydroxylation is 2. The van der Waals surface area contributed by atoms with E-state index < -0.39 is 5.97 Å². The summed E-state index contributed by atoms with van der Waals surface area (Å²) < 4.78 is 6.74. The molecule has 0 aliphatic carbocycles. The number of fused-ring (bicyclic) bond motifs is 1. The van der Waals surface area contributed by atoms with Crippen LogP contribution < -0.4 is 5.32 Å². The molecule has 0 aliphatic heterocycles. The van der Waals surface area contributed by atoms with Gasteiger partial charge in [-0.05, 0) is 13.8 Å². The molecule has 0 saturated carbocycles. The van der Waals surface area contributed by atoms with Crippen LogP contribution in [-0.4, -0.2) is 33.9 Å². The van der Waals surface area contributed by atoms with Crippen LogP contribution in [-0.2, 0) is 11.8 Å². The van der Waals surface area contributed by atoms with Crippen molar-refractivity contribution in [1.29, 1.82) is 0 Å². The lowest BCUT2D eigenvalue weighted by Crippen LogP contribution is -2.12. The molecule has 0 saturated heterocycles. The van der Waals surface area contributed by atoms with E-state index in [2.05, 4.69) is 22.0 Å². The number of carbonyl (C=O) groups is 1. The van der Waals surface area contributed by atoms with Gasteiger partial charge in [0.25, 0.3) is 0 Å². The third kappa shape index (κ3) is 3.00. The summed E-state index contributed by atoms with van der Waals surface area (Å²) in [7, 11) is 1.80. The van der Waals surface area contributed by atoms with E-state index in [1.165, 1.54) is 6.20 Å². The Kier molecular flexibility index (Phi) is 4.47. The number of ether oxygens (including phenoxy) is 1. The van der Waals surface area contributed by atoms with E-state index in [-0.39, 0.29) is 0 Å².